The van der Waals surface area contributed by atoms with Gasteiger partial charge in [-0.2, -0.15) is 13.2 Å². The second kappa shape index (κ2) is 5.53. The van der Waals surface area contributed by atoms with Gasteiger partial charge in [-0.15, -0.1) is 12.4 Å². The number of carbonyl (C=O) groups excluding carboxylic acids is 2. The van der Waals surface area contributed by atoms with Crippen molar-refractivity contribution < 1.29 is 27.5 Å². The molecule has 1 aromatic heterocycles. The Morgan fingerprint density at radius 3 is 2.74 bits per heavy atom. The highest BCUT2D eigenvalue weighted by molar-refractivity contribution is 6.01. The van der Waals surface area contributed by atoms with Gasteiger partial charge >= 0.3 is 6.18 Å². The summed E-state index contributed by atoms with van der Waals surface area (Å²) in [5.74, 6) is -1.53. The molecule has 0 bridgehead atoms. The molecule has 126 valence electrons. The molecular formula is C12H12ClF3N4O3. The number of alkyl halides is 3. The molecule has 2 atom stereocenters. The summed E-state index contributed by atoms with van der Waals surface area (Å²) in [6, 6.07) is -0.0211. The minimum Gasteiger partial charge on any atom is -0.472 e. The van der Waals surface area contributed by atoms with Crippen LogP contribution in [0.2, 0.25) is 0 Å². The topological polar surface area (TPSA) is 106 Å². The number of ether oxygens (including phenoxy) is 1. The van der Waals surface area contributed by atoms with Gasteiger partial charge in [-0.25, -0.2) is 4.98 Å². The molecule has 0 unspecified atom stereocenters. The minimum absolute atomic E-state index is 0. The van der Waals surface area contributed by atoms with Gasteiger partial charge in [0.1, 0.15) is 0 Å². The third kappa shape index (κ3) is 2.91. The van der Waals surface area contributed by atoms with Gasteiger partial charge in [0, 0.05) is 19.2 Å². The fraction of sp³-hybridized carbons (Fsp3) is 0.417. The number of halogens is 4. The average molecular weight is 353 g/mol. The molecule has 4 N–H and O–H groups in total. The number of nitrogens with zero attached hydrogens (tertiary/aromatic N) is 1. The van der Waals surface area contributed by atoms with Crippen LogP contribution in [0.5, 0.6) is 5.75 Å². The molecule has 2 aliphatic heterocycles. The number of carbonyl (C=O) groups is 2. The molecule has 1 fully saturated rings. The van der Waals surface area contributed by atoms with Crippen molar-refractivity contribution in [3.05, 3.63) is 17.8 Å². The summed E-state index contributed by atoms with van der Waals surface area (Å²) in [5.41, 5.74) is 2.69. The van der Waals surface area contributed by atoms with Gasteiger partial charge < -0.3 is 21.1 Å². The molecule has 2 amide bonds. The number of primary amides is 1. The zero-order valence-corrected chi connectivity index (χ0v) is 12.3. The number of anilines is 1. The normalized spacial score (nSPS) is 26.0. The zero-order chi connectivity index (χ0) is 16.1. The largest absolute Gasteiger partial charge is 0.472 e. The maximum atomic E-state index is 12.7. The molecule has 3 rings (SSSR count). The fourth-order valence-electron chi connectivity index (χ4n) is 2.46. The Kier molecular flexibility index (Phi) is 4.16. The molecule has 7 nitrogen and oxygen atoms in total. The lowest BCUT2D eigenvalue weighted by atomic mass is 9.97. The Morgan fingerprint density at radius 1 is 1.48 bits per heavy atom. The van der Waals surface area contributed by atoms with Gasteiger partial charge in [0.05, 0.1) is 11.6 Å². The van der Waals surface area contributed by atoms with Gasteiger partial charge in [0.15, 0.2) is 11.6 Å². The monoisotopic (exact) mass is 352 g/mol. The lowest BCUT2D eigenvalue weighted by Gasteiger charge is -2.33. The predicted octanol–water partition coefficient (Wildman–Crippen LogP) is 0.439. The molecule has 0 saturated carbocycles. The van der Waals surface area contributed by atoms with Crippen molar-refractivity contribution in [1.82, 2.24) is 10.3 Å². The molecule has 0 aromatic carbocycles. The number of nitrogens with one attached hydrogen (secondary N) is 2. The van der Waals surface area contributed by atoms with Crippen LogP contribution in [-0.2, 0) is 15.8 Å². The number of rotatable bonds is 1. The smallest absolute Gasteiger partial charge is 0.418 e. The Labute approximate surface area is 134 Å². The van der Waals surface area contributed by atoms with E-state index in [1.165, 1.54) is 0 Å². The number of fused-ring (bicyclic) bond motifs is 1. The first-order valence-electron chi connectivity index (χ1n) is 6.32. The van der Waals surface area contributed by atoms with E-state index in [0.717, 1.165) is 6.07 Å². The Hall–Kier alpha value is -2.07. The summed E-state index contributed by atoms with van der Waals surface area (Å²) < 4.78 is 43.6. The molecule has 1 aromatic rings. The van der Waals surface area contributed by atoms with E-state index in [1.54, 1.807) is 0 Å². The van der Waals surface area contributed by atoms with Crippen molar-refractivity contribution in [1.29, 1.82) is 0 Å². The van der Waals surface area contributed by atoms with Crippen molar-refractivity contribution in [2.75, 3.05) is 11.9 Å². The van der Waals surface area contributed by atoms with Crippen molar-refractivity contribution in [2.24, 2.45) is 5.73 Å². The van der Waals surface area contributed by atoms with E-state index in [9.17, 15) is 22.8 Å². The molecule has 0 aliphatic carbocycles. The van der Waals surface area contributed by atoms with E-state index in [4.69, 9.17) is 10.5 Å². The number of hydrogen-bond donors (Lipinski definition) is 3. The average Bonchev–Trinajstić information content (AvgIpc) is 2.84. The van der Waals surface area contributed by atoms with E-state index in [0.29, 0.717) is 6.20 Å². The molecule has 1 saturated heterocycles. The highest BCUT2D eigenvalue weighted by Crippen LogP contribution is 2.39. The molecular weight excluding hydrogens is 341 g/mol. The zero-order valence-electron chi connectivity index (χ0n) is 11.4. The van der Waals surface area contributed by atoms with Gasteiger partial charge in [-0.1, -0.05) is 0 Å². The van der Waals surface area contributed by atoms with Crippen molar-refractivity contribution >= 4 is 30.0 Å². The molecule has 0 radical (unpaired) electrons. The lowest BCUT2D eigenvalue weighted by molar-refractivity contribution is -0.138. The third-order valence-electron chi connectivity index (χ3n) is 3.64. The second-order valence-corrected chi connectivity index (χ2v) is 5.16. The van der Waals surface area contributed by atoms with Gasteiger partial charge in [-0.3, -0.25) is 9.59 Å². The molecule has 23 heavy (non-hydrogen) atoms. The highest BCUT2D eigenvalue weighted by Gasteiger charge is 2.52. The molecule has 2 aliphatic rings. The quantitative estimate of drug-likeness (QED) is 0.680. The number of aromatic nitrogens is 1. The van der Waals surface area contributed by atoms with Crippen LogP contribution >= 0.6 is 12.4 Å². The van der Waals surface area contributed by atoms with E-state index >= 15 is 0 Å². The van der Waals surface area contributed by atoms with Gasteiger partial charge in [-0.05, 0) is 6.07 Å². The fourth-order valence-corrected chi connectivity index (χ4v) is 2.46. The van der Waals surface area contributed by atoms with Crippen LogP contribution < -0.4 is 21.1 Å². The van der Waals surface area contributed by atoms with Crippen molar-refractivity contribution in [3.8, 4) is 5.75 Å². The first-order chi connectivity index (χ1) is 10.2. The van der Waals surface area contributed by atoms with Gasteiger partial charge in [0.25, 0.3) is 5.91 Å². The van der Waals surface area contributed by atoms with E-state index in [-0.39, 0.29) is 36.9 Å². The Bertz CT molecular complexity index is 669. The lowest BCUT2D eigenvalue weighted by Crippen LogP contribution is -2.52. The van der Waals surface area contributed by atoms with Crippen molar-refractivity contribution in [2.45, 2.75) is 24.2 Å². The summed E-state index contributed by atoms with van der Waals surface area (Å²) in [7, 11) is 0. The van der Waals surface area contributed by atoms with Crippen LogP contribution in [0.4, 0.5) is 19.0 Å². The standard InChI is InChI=1S/C12H11F3N4O3.ClH/c13-12(14,15)5-1-7-9(17-3-5)19-10(21)11(22-7)2-6(8(16)20)18-4-11;/h1,3,6,18H,2,4H2,(H2,16,20)(H,17,19,21);1H/t6-,11+;/m0./s1. The number of nitrogens with two attached hydrogens (primary N) is 1. The maximum absolute atomic E-state index is 12.7. The van der Waals surface area contributed by atoms with E-state index < -0.39 is 35.2 Å². The summed E-state index contributed by atoms with van der Waals surface area (Å²) >= 11 is 0. The van der Waals surface area contributed by atoms with Crippen LogP contribution in [0, 0.1) is 0 Å². The second-order valence-electron chi connectivity index (χ2n) is 5.16. The van der Waals surface area contributed by atoms with Crippen LogP contribution in [0.25, 0.3) is 0 Å². The Morgan fingerprint density at radius 2 is 2.17 bits per heavy atom. The van der Waals surface area contributed by atoms with Crippen LogP contribution in [0.15, 0.2) is 12.3 Å². The number of pyridine rings is 1. The Balaban J connectivity index is 0.00000192. The molecule has 1 spiro atoms. The number of amides is 2. The highest BCUT2D eigenvalue weighted by atomic mass is 35.5. The third-order valence-corrected chi connectivity index (χ3v) is 3.64. The van der Waals surface area contributed by atoms with E-state index in [1.807, 2.05) is 0 Å². The van der Waals surface area contributed by atoms with E-state index in [2.05, 4.69) is 15.6 Å². The van der Waals surface area contributed by atoms with Crippen LogP contribution in [-0.4, -0.2) is 35.0 Å². The SMILES string of the molecule is Cl.NC(=O)[C@@H]1C[C@]2(CN1)Oc1cc(C(F)(F)F)cnc1NC2=O. The maximum Gasteiger partial charge on any atom is 0.418 e. The first-order valence-corrected chi connectivity index (χ1v) is 6.32. The summed E-state index contributed by atoms with van der Waals surface area (Å²) in [6.45, 7) is -0.0396. The van der Waals surface area contributed by atoms with Crippen LogP contribution in [0.1, 0.15) is 12.0 Å². The number of hydrogen-bond acceptors (Lipinski definition) is 5. The van der Waals surface area contributed by atoms with Crippen LogP contribution in [0.3, 0.4) is 0 Å². The summed E-state index contributed by atoms with van der Waals surface area (Å²) in [5, 5.41) is 5.12. The minimum atomic E-state index is -4.58. The van der Waals surface area contributed by atoms with Gasteiger partial charge in [0.2, 0.25) is 11.5 Å². The first kappa shape index (κ1) is 17.3. The summed E-state index contributed by atoms with van der Waals surface area (Å²) in [4.78, 5) is 26.9. The molecule has 3 heterocycles. The molecule has 11 heteroatoms. The van der Waals surface area contributed by atoms with Crippen molar-refractivity contribution in [3.63, 3.8) is 0 Å². The predicted molar refractivity (Wildman–Crippen MR) is 74.1 cm³/mol. The summed E-state index contributed by atoms with van der Waals surface area (Å²) in [6.07, 6.45) is -4.03.